The van der Waals surface area contributed by atoms with Crippen LogP contribution < -0.4 is 5.11 Å². The summed E-state index contributed by atoms with van der Waals surface area (Å²) in [5.41, 5.74) is 1.46. The zero-order valence-electron chi connectivity index (χ0n) is 11.3. The third-order valence-corrected chi connectivity index (χ3v) is 5.29. The van der Waals surface area contributed by atoms with Gasteiger partial charge in [-0.05, 0) is 17.7 Å². The Kier molecular flexibility index (Phi) is 4.94. The van der Waals surface area contributed by atoms with Gasteiger partial charge in [-0.15, -0.1) is 23.1 Å². The summed E-state index contributed by atoms with van der Waals surface area (Å²) in [7, 11) is 0. The Hall–Kier alpha value is -1.48. The van der Waals surface area contributed by atoms with Crippen LogP contribution in [0.25, 0.3) is 11.1 Å². The molecule has 0 saturated heterocycles. The first-order chi connectivity index (χ1) is 9.93. The number of rotatable bonds is 4. The molecule has 1 aromatic heterocycles. The minimum Gasteiger partial charge on any atom is -0.544 e. The summed E-state index contributed by atoms with van der Waals surface area (Å²) in [6.45, 7) is 3.98. The van der Waals surface area contributed by atoms with E-state index in [2.05, 4.69) is 6.07 Å². The average Bonchev–Trinajstić information content (AvgIpc) is 2.77. The Morgan fingerprint density at radius 2 is 2.00 bits per heavy atom. The molecule has 0 N–H and O–H groups in total. The van der Waals surface area contributed by atoms with Crippen LogP contribution in [0.4, 0.5) is 0 Å². The highest BCUT2D eigenvalue weighted by molar-refractivity contribution is 8.01. The predicted molar refractivity (Wildman–Crippen MR) is 84.8 cm³/mol. The first-order valence-electron chi connectivity index (χ1n) is 6.14. The Labute approximate surface area is 136 Å². The molecule has 1 heterocycles. The number of carbonyl (C=O) groups excluding carboxylic acids is 1. The van der Waals surface area contributed by atoms with Crippen molar-refractivity contribution in [3.8, 4) is 17.2 Å². The Morgan fingerprint density at radius 3 is 2.48 bits per heavy atom. The normalized spacial score (nSPS) is 10.6. The fourth-order valence-corrected chi connectivity index (χ4v) is 4.52. The molecule has 0 aliphatic rings. The third-order valence-electron chi connectivity index (χ3n) is 2.65. The van der Waals surface area contributed by atoms with Gasteiger partial charge in [-0.2, -0.15) is 5.26 Å². The molecule has 0 radical (unpaired) electrons. The van der Waals surface area contributed by atoms with Crippen LogP contribution in [0.15, 0.2) is 28.5 Å². The molecule has 1 aromatic carbocycles. The molecule has 0 atom stereocenters. The zero-order chi connectivity index (χ0) is 15.6. The minimum atomic E-state index is -1.27. The smallest absolute Gasteiger partial charge is 0.102 e. The van der Waals surface area contributed by atoms with Gasteiger partial charge in [0.15, 0.2) is 0 Å². The Balaban J connectivity index is 2.67. The van der Waals surface area contributed by atoms with Crippen LogP contribution in [0.5, 0.6) is 0 Å². The van der Waals surface area contributed by atoms with Crippen molar-refractivity contribution < 1.29 is 9.90 Å². The van der Waals surface area contributed by atoms with Crippen LogP contribution in [-0.4, -0.2) is 11.2 Å². The summed E-state index contributed by atoms with van der Waals surface area (Å²) in [4.78, 5) is 11.5. The average molecular weight is 337 g/mol. The molecule has 3 nitrogen and oxygen atoms in total. The van der Waals surface area contributed by atoms with Crippen molar-refractivity contribution in [2.45, 2.75) is 23.3 Å². The number of hydrogen-bond donors (Lipinski definition) is 0. The van der Waals surface area contributed by atoms with E-state index in [0.717, 1.165) is 11.3 Å². The molecular formula is C15H11ClNO2S2-. The standard InChI is InChI=1S/C15H12ClNO2S2/c1-8(2)20-15-11(7-17)12(13(21-15)14(18)19)9-3-5-10(16)6-4-9/h3-6,8H,1-2H3,(H,18,19)/p-1. The van der Waals surface area contributed by atoms with E-state index in [1.807, 2.05) is 13.8 Å². The number of carbonyl (C=O) groups is 1. The largest absolute Gasteiger partial charge is 0.544 e. The summed E-state index contributed by atoms with van der Waals surface area (Å²) in [6.07, 6.45) is 0. The molecule has 0 fully saturated rings. The van der Waals surface area contributed by atoms with Gasteiger partial charge in [-0.1, -0.05) is 37.6 Å². The van der Waals surface area contributed by atoms with Gasteiger partial charge in [0.1, 0.15) is 6.07 Å². The number of benzene rings is 1. The third kappa shape index (κ3) is 3.41. The fourth-order valence-electron chi connectivity index (χ4n) is 1.84. The molecular weight excluding hydrogens is 326 g/mol. The maximum Gasteiger partial charge on any atom is 0.102 e. The van der Waals surface area contributed by atoms with E-state index >= 15 is 0 Å². The molecule has 108 valence electrons. The highest BCUT2D eigenvalue weighted by Gasteiger charge is 2.21. The first kappa shape index (κ1) is 15.9. The molecule has 2 rings (SSSR count). The molecule has 0 unspecified atom stereocenters. The molecule has 21 heavy (non-hydrogen) atoms. The number of hydrogen-bond acceptors (Lipinski definition) is 5. The summed E-state index contributed by atoms with van der Waals surface area (Å²) in [5.74, 6) is -1.27. The zero-order valence-corrected chi connectivity index (χ0v) is 13.7. The lowest BCUT2D eigenvalue weighted by molar-refractivity contribution is -0.254. The van der Waals surface area contributed by atoms with Gasteiger partial charge in [0.05, 0.1) is 20.6 Å². The van der Waals surface area contributed by atoms with Crippen LogP contribution in [0, 0.1) is 11.3 Å². The second-order valence-electron chi connectivity index (χ2n) is 4.54. The lowest BCUT2D eigenvalue weighted by Crippen LogP contribution is -2.21. The predicted octanol–water partition coefficient (Wildman–Crippen LogP) is 3.80. The van der Waals surface area contributed by atoms with Gasteiger partial charge < -0.3 is 9.90 Å². The molecule has 2 aromatic rings. The van der Waals surface area contributed by atoms with Crippen LogP contribution in [0.2, 0.25) is 5.02 Å². The maximum atomic E-state index is 11.4. The maximum absolute atomic E-state index is 11.4. The van der Waals surface area contributed by atoms with Crippen molar-refractivity contribution >= 4 is 40.7 Å². The topological polar surface area (TPSA) is 63.9 Å². The second kappa shape index (κ2) is 6.52. The Bertz CT molecular complexity index is 715. The molecule has 0 saturated carbocycles. The molecule has 0 amide bonds. The number of aromatic carboxylic acids is 1. The number of nitrogens with zero attached hydrogens (tertiary/aromatic N) is 1. The Morgan fingerprint density at radius 1 is 1.38 bits per heavy atom. The lowest BCUT2D eigenvalue weighted by Gasteiger charge is -2.06. The highest BCUT2D eigenvalue weighted by atomic mass is 35.5. The number of halogens is 1. The van der Waals surface area contributed by atoms with Gasteiger partial charge in [0.25, 0.3) is 0 Å². The number of carboxylic acid groups (broad SMARTS) is 1. The van der Waals surface area contributed by atoms with Gasteiger partial charge in [-0.25, -0.2) is 0 Å². The SMILES string of the molecule is CC(C)Sc1sc(C(=O)[O-])c(-c2ccc(Cl)cc2)c1C#N. The lowest BCUT2D eigenvalue weighted by atomic mass is 10.0. The number of carboxylic acids is 1. The van der Waals surface area contributed by atoms with Gasteiger partial charge in [-0.3, -0.25) is 0 Å². The molecule has 0 aliphatic carbocycles. The van der Waals surface area contributed by atoms with Gasteiger partial charge in [0, 0.05) is 15.8 Å². The van der Waals surface area contributed by atoms with E-state index in [-0.39, 0.29) is 10.1 Å². The van der Waals surface area contributed by atoms with Crippen molar-refractivity contribution in [2.24, 2.45) is 0 Å². The number of thioether (sulfide) groups is 1. The molecule has 0 bridgehead atoms. The van der Waals surface area contributed by atoms with E-state index in [4.69, 9.17) is 11.6 Å². The summed E-state index contributed by atoms with van der Waals surface area (Å²) >= 11 is 8.42. The van der Waals surface area contributed by atoms with Crippen LogP contribution in [-0.2, 0) is 0 Å². The second-order valence-corrected chi connectivity index (χ2v) is 7.84. The van der Waals surface area contributed by atoms with Crippen LogP contribution in [0.1, 0.15) is 29.1 Å². The van der Waals surface area contributed by atoms with E-state index in [9.17, 15) is 15.2 Å². The monoisotopic (exact) mass is 336 g/mol. The molecule has 0 spiro atoms. The van der Waals surface area contributed by atoms with Crippen molar-refractivity contribution in [2.75, 3.05) is 0 Å². The van der Waals surface area contributed by atoms with Crippen molar-refractivity contribution in [3.63, 3.8) is 0 Å². The van der Waals surface area contributed by atoms with Gasteiger partial charge in [0.2, 0.25) is 0 Å². The quantitative estimate of drug-likeness (QED) is 0.796. The van der Waals surface area contributed by atoms with Crippen molar-refractivity contribution in [1.82, 2.24) is 0 Å². The summed E-state index contributed by atoms with van der Waals surface area (Å²) in [5, 5.41) is 21.6. The number of nitriles is 1. The van der Waals surface area contributed by atoms with Gasteiger partial charge >= 0.3 is 0 Å². The number of thiophene rings is 1. The van der Waals surface area contributed by atoms with Crippen molar-refractivity contribution in [1.29, 1.82) is 5.26 Å². The van der Waals surface area contributed by atoms with Crippen LogP contribution in [0.3, 0.4) is 0 Å². The van der Waals surface area contributed by atoms with Crippen molar-refractivity contribution in [3.05, 3.63) is 39.7 Å². The molecule has 0 aliphatic heterocycles. The first-order valence-corrected chi connectivity index (χ1v) is 8.22. The summed E-state index contributed by atoms with van der Waals surface area (Å²) in [6, 6.07) is 8.88. The highest BCUT2D eigenvalue weighted by Crippen LogP contribution is 2.42. The van der Waals surface area contributed by atoms with E-state index < -0.39 is 5.97 Å². The minimum absolute atomic E-state index is 0.0806. The molecule has 6 heteroatoms. The van der Waals surface area contributed by atoms with Crippen LogP contribution >= 0.6 is 34.7 Å². The van der Waals surface area contributed by atoms with E-state index in [0.29, 0.717) is 25.9 Å². The summed E-state index contributed by atoms with van der Waals surface area (Å²) < 4.78 is 0.705. The van der Waals surface area contributed by atoms with E-state index in [1.165, 1.54) is 11.8 Å². The van der Waals surface area contributed by atoms with E-state index in [1.54, 1.807) is 24.3 Å². The fraction of sp³-hybridized carbons (Fsp3) is 0.200.